The van der Waals surface area contributed by atoms with Crippen molar-refractivity contribution in [3.63, 3.8) is 0 Å². The highest BCUT2D eigenvalue weighted by molar-refractivity contribution is 5.28. The summed E-state index contributed by atoms with van der Waals surface area (Å²) in [4.78, 5) is 12.2. The van der Waals surface area contributed by atoms with Crippen LogP contribution in [0, 0.1) is 11.3 Å². The Morgan fingerprint density at radius 2 is 1.89 bits per heavy atom. The first kappa shape index (κ1) is 15.5. The maximum atomic E-state index is 12.2. The fourth-order valence-corrected chi connectivity index (χ4v) is 2.29. The molecule has 0 atom stereocenters. The third-order valence-corrected chi connectivity index (χ3v) is 3.41. The van der Waals surface area contributed by atoms with E-state index in [1.54, 1.807) is 10.6 Å². The van der Waals surface area contributed by atoms with Gasteiger partial charge in [0.1, 0.15) is 11.6 Å². The van der Waals surface area contributed by atoms with Crippen LogP contribution in [0.1, 0.15) is 70.1 Å². The predicted octanol–water partition coefficient (Wildman–Crippen LogP) is 3.81. The minimum Gasteiger partial charge on any atom is -0.311 e. The van der Waals surface area contributed by atoms with Crippen LogP contribution in [0.5, 0.6) is 0 Å². The van der Waals surface area contributed by atoms with E-state index in [4.69, 9.17) is 5.26 Å². The molecular formula is C16H24N2O. The maximum absolute atomic E-state index is 12.2. The van der Waals surface area contributed by atoms with Gasteiger partial charge in [-0.05, 0) is 24.5 Å². The normalized spacial score (nSPS) is 10.7. The Kier molecular flexibility index (Phi) is 6.35. The van der Waals surface area contributed by atoms with Crippen LogP contribution in [0.4, 0.5) is 0 Å². The summed E-state index contributed by atoms with van der Waals surface area (Å²) in [5.41, 5.74) is 1.14. The van der Waals surface area contributed by atoms with Crippen molar-refractivity contribution in [3.8, 4) is 6.07 Å². The van der Waals surface area contributed by atoms with Gasteiger partial charge in [-0.2, -0.15) is 5.26 Å². The first-order valence-electron chi connectivity index (χ1n) is 7.25. The second-order valence-corrected chi connectivity index (χ2v) is 5.31. The Morgan fingerprint density at radius 1 is 1.21 bits per heavy atom. The number of unbranched alkanes of at least 4 members (excludes halogenated alkanes) is 4. The summed E-state index contributed by atoms with van der Waals surface area (Å²) in [7, 11) is 0. The van der Waals surface area contributed by atoms with Gasteiger partial charge in [0.15, 0.2) is 0 Å². The van der Waals surface area contributed by atoms with Crippen molar-refractivity contribution in [2.45, 2.75) is 65.3 Å². The highest BCUT2D eigenvalue weighted by atomic mass is 16.1. The molecule has 0 saturated carbocycles. The second kappa shape index (κ2) is 7.78. The van der Waals surface area contributed by atoms with Crippen LogP contribution in [0.3, 0.4) is 0 Å². The molecule has 0 saturated heterocycles. The lowest BCUT2D eigenvalue weighted by Crippen LogP contribution is -2.26. The highest BCUT2D eigenvalue weighted by Crippen LogP contribution is 2.14. The summed E-state index contributed by atoms with van der Waals surface area (Å²) < 4.78 is 1.79. The largest absolute Gasteiger partial charge is 0.311 e. The molecule has 0 radical (unpaired) electrons. The third kappa shape index (κ3) is 4.24. The predicted molar refractivity (Wildman–Crippen MR) is 78.3 cm³/mol. The van der Waals surface area contributed by atoms with Crippen LogP contribution in [-0.2, 0) is 6.54 Å². The zero-order chi connectivity index (χ0) is 14.3. The Morgan fingerprint density at radius 3 is 2.47 bits per heavy atom. The van der Waals surface area contributed by atoms with Crippen LogP contribution >= 0.6 is 0 Å². The van der Waals surface area contributed by atoms with Crippen molar-refractivity contribution in [3.05, 3.63) is 33.7 Å². The second-order valence-electron chi connectivity index (χ2n) is 5.31. The minimum atomic E-state index is -0.135. The van der Waals surface area contributed by atoms with Crippen molar-refractivity contribution in [1.82, 2.24) is 4.57 Å². The van der Waals surface area contributed by atoms with E-state index < -0.39 is 0 Å². The smallest absolute Gasteiger partial charge is 0.268 e. The summed E-state index contributed by atoms with van der Waals surface area (Å²) in [6.07, 6.45) is 5.86. The van der Waals surface area contributed by atoms with E-state index in [2.05, 4.69) is 20.8 Å². The molecule has 0 aromatic carbocycles. The highest BCUT2D eigenvalue weighted by Gasteiger charge is 2.10. The summed E-state index contributed by atoms with van der Waals surface area (Å²) in [5.74, 6) is 0.302. The summed E-state index contributed by atoms with van der Waals surface area (Å²) in [5, 5.41) is 8.95. The number of rotatable bonds is 7. The molecule has 0 bridgehead atoms. The molecule has 1 aromatic rings. The molecule has 0 fully saturated rings. The zero-order valence-corrected chi connectivity index (χ0v) is 12.3. The van der Waals surface area contributed by atoms with Crippen molar-refractivity contribution >= 4 is 0 Å². The number of hydrogen-bond donors (Lipinski definition) is 0. The summed E-state index contributed by atoms with van der Waals surface area (Å²) in [6, 6.07) is 5.54. The topological polar surface area (TPSA) is 45.8 Å². The van der Waals surface area contributed by atoms with Gasteiger partial charge in [0.05, 0.1) is 0 Å². The van der Waals surface area contributed by atoms with Gasteiger partial charge in [0.25, 0.3) is 5.56 Å². The van der Waals surface area contributed by atoms with Gasteiger partial charge in [0.2, 0.25) is 0 Å². The Hall–Kier alpha value is -1.56. The number of nitrogens with zero attached hydrogens (tertiary/aromatic N) is 2. The fourth-order valence-electron chi connectivity index (χ4n) is 2.29. The lowest BCUT2D eigenvalue weighted by atomic mass is 10.1. The van der Waals surface area contributed by atoms with Crippen molar-refractivity contribution in [2.24, 2.45) is 0 Å². The van der Waals surface area contributed by atoms with Gasteiger partial charge in [-0.1, -0.05) is 46.5 Å². The van der Waals surface area contributed by atoms with Crippen LogP contribution in [-0.4, -0.2) is 4.57 Å². The molecular weight excluding hydrogens is 236 g/mol. The quantitative estimate of drug-likeness (QED) is 0.700. The zero-order valence-electron chi connectivity index (χ0n) is 12.3. The Bertz CT molecular complexity index is 494. The summed E-state index contributed by atoms with van der Waals surface area (Å²) in [6.45, 7) is 7.08. The molecule has 1 rings (SSSR count). The van der Waals surface area contributed by atoms with Crippen molar-refractivity contribution in [2.75, 3.05) is 0 Å². The third-order valence-electron chi connectivity index (χ3n) is 3.41. The van der Waals surface area contributed by atoms with Gasteiger partial charge in [-0.25, -0.2) is 0 Å². The molecule has 3 nitrogen and oxygen atoms in total. The van der Waals surface area contributed by atoms with E-state index in [0.29, 0.717) is 5.92 Å². The van der Waals surface area contributed by atoms with E-state index in [0.717, 1.165) is 25.1 Å². The van der Waals surface area contributed by atoms with Crippen LogP contribution in [0.2, 0.25) is 0 Å². The lowest BCUT2D eigenvalue weighted by Gasteiger charge is -2.15. The standard InChI is InChI=1S/C16H24N2O/c1-4-5-6-7-8-11-18-15(13(2)3)10-9-14(12-17)16(18)19/h9-10,13H,4-8,11H2,1-3H3. The number of nitriles is 1. The Balaban J connectivity index is 2.84. The SMILES string of the molecule is CCCCCCCn1c(C(C)C)ccc(C#N)c1=O. The van der Waals surface area contributed by atoms with Crippen LogP contribution < -0.4 is 5.56 Å². The first-order valence-corrected chi connectivity index (χ1v) is 7.25. The maximum Gasteiger partial charge on any atom is 0.268 e. The first-order chi connectivity index (χ1) is 9.11. The van der Waals surface area contributed by atoms with E-state index in [1.165, 1.54) is 19.3 Å². The molecule has 3 heteroatoms. The van der Waals surface area contributed by atoms with Crippen molar-refractivity contribution < 1.29 is 0 Å². The van der Waals surface area contributed by atoms with Crippen molar-refractivity contribution in [1.29, 1.82) is 5.26 Å². The average Bonchev–Trinajstić information content (AvgIpc) is 2.39. The fraction of sp³-hybridized carbons (Fsp3) is 0.625. The number of hydrogen-bond acceptors (Lipinski definition) is 2. The lowest BCUT2D eigenvalue weighted by molar-refractivity contribution is 0.534. The molecule has 19 heavy (non-hydrogen) atoms. The molecule has 0 aliphatic carbocycles. The molecule has 0 aliphatic rings. The Labute approximate surface area is 115 Å². The molecule has 0 amide bonds. The molecule has 0 N–H and O–H groups in total. The van der Waals surface area contributed by atoms with Gasteiger partial charge in [0, 0.05) is 12.2 Å². The molecule has 0 unspecified atom stereocenters. The molecule has 1 aromatic heterocycles. The van der Waals surface area contributed by atoms with E-state index in [-0.39, 0.29) is 11.1 Å². The molecule has 1 heterocycles. The molecule has 0 aliphatic heterocycles. The van der Waals surface area contributed by atoms with Gasteiger partial charge >= 0.3 is 0 Å². The van der Waals surface area contributed by atoms with Crippen LogP contribution in [0.15, 0.2) is 16.9 Å². The number of aromatic nitrogens is 1. The average molecular weight is 260 g/mol. The van der Waals surface area contributed by atoms with Gasteiger partial charge in [-0.3, -0.25) is 4.79 Å². The summed E-state index contributed by atoms with van der Waals surface area (Å²) >= 11 is 0. The van der Waals surface area contributed by atoms with E-state index in [9.17, 15) is 4.79 Å². The van der Waals surface area contributed by atoms with E-state index in [1.807, 2.05) is 12.1 Å². The van der Waals surface area contributed by atoms with Gasteiger partial charge in [-0.15, -0.1) is 0 Å². The van der Waals surface area contributed by atoms with Crippen LogP contribution in [0.25, 0.3) is 0 Å². The number of pyridine rings is 1. The minimum absolute atomic E-state index is 0.135. The monoisotopic (exact) mass is 260 g/mol. The molecule has 0 spiro atoms. The molecule has 104 valence electrons. The van der Waals surface area contributed by atoms with Gasteiger partial charge < -0.3 is 4.57 Å². The van der Waals surface area contributed by atoms with E-state index >= 15 is 0 Å².